The largest absolute Gasteiger partial charge is 0.493 e. The van der Waals surface area contributed by atoms with Crippen molar-refractivity contribution >= 4 is 11.8 Å². The number of ether oxygens (including phenoxy) is 1. The third kappa shape index (κ3) is 9.87. The minimum atomic E-state index is -4.40. The highest BCUT2D eigenvalue weighted by atomic mass is 32.2. The van der Waals surface area contributed by atoms with Crippen molar-refractivity contribution in [2.75, 3.05) is 12.4 Å². The van der Waals surface area contributed by atoms with Crippen molar-refractivity contribution in [3.05, 3.63) is 35.2 Å². The molecule has 1 radical (unpaired) electrons. The van der Waals surface area contributed by atoms with Crippen molar-refractivity contribution < 1.29 is 31.1 Å². The van der Waals surface area contributed by atoms with Crippen molar-refractivity contribution in [2.24, 2.45) is 0 Å². The van der Waals surface area contributed by atoms with Gasteiger partial charge in [-0.1, -0.05) is 30.7 Å². The van der Waals surface area contributed by atoms with Crippen LogP contribution in [0.1, 0.15) is 42.4 Å². The van der Waals surface area contributed by atoms with Crippen LogP contribution in [0.2, 0.25) is 0 Å². The molecular weight excluding hydrogens is 366 g/mol. The zero-order valence-corrected chi connectivity index (χ0v) is 14.9. The van der Waals surface area contributed by atoms with E-state index in [1.807, 2.05) is 0 Å². The molecule has 0 aliphatic rings. The summed E-state index contributed by atoms with van der Waals surface area (Å²) < 4.78 is 78.9. The zero-order valence-electron chi connectivity index (χ0n) is 14.1. The fourth-order valence-corrected chi connectivity index (χ4v) is 2.84. The number of aryl methyl sites for hydroxylation is 2. The third-order valence-electron chi connectivity index (χ3n) is 3.44. The van der Waals surface area contributed by atoms with E-state index < -0.39 is 11.7 Å². The zero-order chi connectivity index (χ0) is 19.1. The highest BCUT2D eigenvalue weighted by molar-refractivity contribution is 8.00. The highest BCUT2D eigenvalue weighted by Crippen LogP contribution is 2.31. The van der Waals surface area contributed by atoms with E-state index >= 15 is 0 Å². The lowest BCUT2D eigenvalue weighted by atomic mass is 10.0. The molecule has 1 aromatic carbocycles. The van der Waals surface area contributed by atoms with Gasteiger partial charge in [-0.3, -0.25) is 0 Å². The molecule has 0 unspecified atom stereocenters. The van der Waals surface area contributed by atoms with Gasteiger partial charge in [-0.25, -0.2) is 0 Å². The first kappa shape index (κ1) is 22.0. The summed E-state index contributed by atoms with van der Waals surface area (Å²) in [5.41, 5.74) is -2.85. The number of thioether (sulfide) groups is 1. The summed E-state index contributed by atoms with van der Waals surface area (Å²) in [6.45, 7) is 3.68. The van der Waals surface area contributed by atoms with Crippen molar-refractivity contribution in [1.29, 1.82) is 0 Å². The van der Waals surface area contributed by atoms with E-state index in [9.17, 15) is 26.3 Å². The Hall–Kier alpha value is -1.05. The van der Waals surface area contributed by atoms with E-state index in [-0.39, 0.29) is 29.5 Å². The maximum Gasteiger partial charge on any atom is 0.441 e. The van der Waals surface area contributed by atoms with Gasteiger partial charge in [0.15, 0.2) is 0 Å². The van der Waals surface area contributed by atoms with E-state index in [0.717, 1.165) is 5.56 Å². The van der Waals surface area contributed by atoms with Gasteiger partial charge in [0.2, 0.25) is 0 Å². The molecule has 1 aromatic rings. The summed E-state index contributed by atoms with van der Waals surface area (Å²) in [6, 6.07) is 3.01. The molecule has 0 aliphatic heterocycles. The number of benzene rings is 1. The predicted octanol–water partition coefficient (Wildman–Crippen LogP) is 6.61. The molecule has 0 atom stereocenters. The second-order valence-corrected chi connectivity index (χ2v) is 6.88. The SMILES string of the molecule is Cc1cc(C)c(OCCCCCCSC(F)(F)F)cc1[CH]C(F)(F)F. The van der Waals surface area contributed by atoms with Gasteiger partial charge in [0.05, 0.1) is 13.0 Å². The van der Waals surface area contributed by atoms with Crippen LogP contribution in [0.3, 0.4) is 0 Å². The fourth-order valence-electron chi connectivity index (χ4n) is 2.26. The quantitative estimate of drug-likeness (QED) is 0.348. The van der Waals surface area contributed by atoms with Crippen LogP contribution in [-0.2, 0) is 0 Å². The lowest BCUT2D eigenvalue weighted by Crippen LogP contribution is -2.10. The van der Waals surface area contributed by atoms with Crippen LogP contribution >= 0.6 is 11.8 Å². The molecule has 0 bridgehead atoms. The maximum atomic E-state index is 12.5. The Morgan fingerprint density at radius 3 is 2.16 bits per heavy atom. The number of halogens is 6. The van der Waals surface area contributed by atoms with Crippen LogP contribution in [0.15, 0.2) is 12.1 Å². The lowest BCUT2D eigenvalue weighted by molar-refractivity contribution is -0.0928. The Kier molecular flexibility index (Phi) is 8.44. The van der Waals surface area contributed by atoms with Crippen LogP contribution in [0.25, 0.3) is 0 Å². The van der Waals surface area contributed by atoms with E-state index in [1.54, 1.807) is 19.9 Å². The first-order chi connectivity index (χ1) is 11.5. The van der Waals surface area contributed by atoms with Gasteiger partial charge >= 0.3 is 11.7 Å². The van der Waals surface area contributed by atoms with Gasteiger partial charge in [-0.05, 0) is 49.4 Å². The molecule has 8 heteroatoms. The Balaban J connectivity index is 2.36. The van der Waals surface area contributed by atoms with Crippen molar-refractivity contribution in [3.63, 3.8) is 0 Å². The predicted molar refractivity (Wildman–Crippen MR) is 87.8 cm³/mol. The first-order valence-corrected chi connectivity index (χ1v) is 8.84. The molecule has 0 saturated heterocycles. The summed E-state index contributed by atoms with van der Waals surface area (Å²) >= 11 is -0.0231. The van der Waals surface area contributed by atoms with Gasteiger partial charge < -0.3 is 4.74 Å². The molecule has 1 nitrogen and oxygen atoms in total. The molecule has 25 heavy (non-hydrogen) atoms. The summed E-state index contributed by atoms with van der Waals surface area (Å²) in [4.78, 5) is 0. The number of hydrogen-bond donors (Lipinski definition) is 0. The number of unbranched alkanes of at least 4 members (excludes halogenated alkanes) is 3. The van der Waals surface area contributed by atoms with Gasteiger partial charge in [-0.2, -0.15) is 26.3 Å². The number of alkyl halides is 6. The minimum absolute atomic E-state index is 0.0231. The molecule has 0 aromatic heterocycles. The topological polar surface area (TPSA) is 9.23 Å². The summed E-state index contributed by atoms with van der Waals surface area (Å²) in [6.07, 6.45) is -1.67. The fraction of sp³-hybridized carbons (Fsp3) is 0.588. The Labute approximate surface area is 148 Å². The molecular formula is C17H21F6OS. The second kappa shape index (κ2) is 9.59. The number of rotatable bonds is 9. The molecule has 0 spiro atoms. The second-order valence-electron chi connectivity index (χ2n) is 5.72. The first-order valence-electron chi connectivity index (χ1n) is 7.85. The molecule has 0 saturated carbocycles. The van der Waals surface area contributed by atoms with Gasteiger partial charge in [-0.15, -0.1) is 0 Å². The monoisotopic (exact) mass is 387 g/mol. The molecule has 0 N–H and O–H groups in total. The van der Waals surface area contributed by atoms with Crippen LogP contribution in [0.4, 0.5) is 26.3 Å². The highest BCUT2D eigenvalue weighted by Gasteiger charge is 2.29. The van der Waals surface area contributed by atoms with E-state index in [4.69, 9.17) is 4.74 Å². The standard InChI is InChI=1S/C17H21F6OS/c1-12-9-13(2)15(10-14(12)11-16(18,19)20)24-7-5-3-4-6-8-25-17(21,22)23/h9-11H,3-8H2,1-2H3. The van der Waals surface area contributed by atoms with E-state index in [1.165, 1.54) is 6.07 Å². The van der Waals surface area contributed by atoms with E-state index in [0.29, 0.717) is 43.6 Å². The Morgan fingerprint density at radius 2 is 1.56 bits per heavy atom. The van der Waals surface area contributed by atoms with Crippen LogP contribution in [0, 0.1) is 20.3 Å². The molecule has 0 heterocycles. The molecule has 0 fully saturated rings. The average molecular weight is 387 g/mol. The average Bonchev–Trinajstić information content (AvgIpc) is 2.43. The normalized spacial score (nSPS) is 12.5. The molecule has 0 amide bonds. The maximum absolute atomic E-state index is 12.5. The van der Waals surface area contributed by atoms with Gasteiger partial charge in [0.25, 0.3) is 0 Å². The van der Waals surface area contributed by atoms with Crippen LogP contribution in [0.5, 0.6) is 5.75 Å². The smallest absolute Gasteiger partial charge is 0.441 e. The Bertz CT molecular complexity index is 539. The van der Waals surface area contributed by atoms with Crippen LogP contribution in [-0.4, -0.2) is 24.0 Å². The van der Waals surface area contributed by atoms with Gasteiger partial charge in [0, 0.05) is 5.75 Å². The van der Waals surface area contributed by atoms with Crippen LogP contribution < -0.4 is 4.74 Å². The van der Waals surface area contributed by atoms with Crippen molar-refractivity contribution in [3.8, 4) is 5.75 Å². The summed E-state index contributed by atoms with van der Waals surface area (Å²) in [5, 5.41) is 0. The summed E-state index contributed by atoms with van der Waals surface area (Å²) in [5.74, 6) is 0.437. The molecule has 0 aliphatic carbocycles. The minimum Gasteiger partial charge on any atom is -0.493 e. The lowest BCUT2D eigenvalue weighted by Gasteiger charge is -2.14. The Morgan fingerprint density at radius 1 is 0.920 bits per heavy atom. The van der Waals surface area contributed by atoms with Crippen molar-refractivity contribution in [2.45, 2.75) is 51.2 Å². The molecule has 1 rings (SSSR count). The summed E-state index contributed by atoms with van der Waals surface area (Å²) in [7, 11) is 0. The van der Waals surface area contributed by atoms with Crippen molar-refractivity contribution in [1.82, 2.24) is 0 Å². The van der Waals surface area contributed by atoms with Gasteiger partial charge in [0.1, 0.15) is 5.75 Å². The third-order valence-corrected chi connectivity index (χ3v) is 4.26. The van der Waals surface area contributed by atoms with E-state index in [2.05, 4.69) is 0 Å². The number of hydrogen-bond acceptors (Lipinski definition) is 2. The molecule has 143 valence electrons.